The van der Waals surface area contributed by atoms with E-state index >= 15 is 0 Å². The Balaban J connectivity index is 2.20. The largest absolute Gasteiger partial charge is 0.353 e. The van der Waals surface area contributed by atoms with Crippen molar-refractivity contribution < 1.29 is 4.79 Å². The molecular formula is C12H19N3OS. The van der Waals surface area contributed by atoms with Gasteiger partial charge < -0.3 is 11.1 Å². The smallest absolute Gasteiger partial charge is 0.242 e. The average molecular weight is 253 g/mol. The summed E-state index contributed by atoms with van der Waals surface area (Å²) in [6.07, 6.45) is 0. The number of hydrogen-bond donors (Lipinski definition) is 2. The summed E-state index contributed by atoms with van der Waals surface area (Å²) in [4.78, 5) is 15.3. The minimum absolute atomic E-state index is 0.0861. The lowest BCUT2D eigenvalue weighted by molar-refractivity contribution is -0.129. The van der Waals surface area contributed by atoms with Crippen LogP contribution in [0.4, 0.5) is 0 Å². The van der Waals surface area contributed by atoms with Gasteiger partial charge >= 0.3 is 0 Å². The van der Waals surface area contributed by atoms with E-state index in [-0.39, 0.29) is 17.5 Å². The molecule has 0 spiro atoms. The van der Waals surface area contributed by atoms with Crippen molar-refractivity contribution in [1.29, 1.82) is 0 Å². The van der Waals surface area contributed by atoms with Crippen LogP contribution in [-0.2, 0) is 4.79 Å². The fraction of sp³-hybridized carbons (Fsp3) is 0.583. The molecule has 94 valence electrons. The van der Waals surface area contributed by atoms with Gasteiger partial charge in [-0.15, -0.1) is 11.3 Å². The molecule has 0 bridgehead atoms. The molecule has 1 aromatic rings. The maximum absolute atomic E-state index is 12.0. The first-order chi connectivity index (χ1) is 7.97. The highest BCUT2D eigenvalue weighted by Crippen LogP contribution is 2.27. The number of amides is 1. The molecule has 1 aliphatic rings. The summed E-state index contributed by atoms with van der Waals surface area (Å²) in [5, 5.41) is 4.92. The van der Waals surface area contributed by atoms with E-state index in [1.807, 2.05) is 31.4 Å². The van der Waals surface area contributed by atoms with Crippen molar-refractivity contribution in [3.63, 3.8) is 0 Å². The Morgan fingerprint density at radius 2 is 2.41 bits per heavy atom. The molecular weight excluding hydrogens is 234 g/mol. The maximum atomic E-state index is 12.0. The van der Waals surface area contributed by atoms with E-state index < -0.39 is 0 Å². The van der Waals surface area contributed by atoms with Crippen molar-refractivity contribution in [2.75, 3.05) is 19.6 Å². The van der Waals surface area contributed by atoms with Gasteiger partial charge in [0.15, 0.2) is 0 Å². The normalized spacial score (nSPS) is 22.5. The van der Waals surface area contributed by atoms with Crippen molar-refractivity contribution in [2.24, 2.45) is 5.73 Å². The van der Waals surface area contributed by atoms with Gasteiger partial charge in [0.1, 0.15) is 6.04 Å². The number of hydrogen-bond acceptors (Lipinski definition) is 4. The van der Waals surface area contributed by atoms with Crippen molar-refractivity contribution in [2.45, 2.75) is 25.4 Å². The fourth-order valence-corrected chi connectivity index (χ4v) is 3.02. The highest BCUT2D eigenvalue weighted by atomic mass is 32.1. The van der Waals surface area contributed by atoms with Crippen LogP contribution in [0.25, 0.3) is 0 Å². The predicted molar refractivity (Wildman–Crippen MR) is 69.9 cm³/mol. The van der Waals surface area contributed by atoms with Gasteiger partial charge in [-0.25, -0.2) is 0 Å². The predicted octanol–water partition coefficient (Wildman–Crippen LogP) is 0.958. The van der Waals surface area contributed by atoms with Crippen LogP contribution in [-0.4, -0.2) is 36.0 Å². The molecule has 0 radical (unpaired) electrons. The van der Waals surface area contributed by atoms with Gasteiger partial charge in [-0.2, -0.15) is 0 Å². The van der Waals surface area contributed by atoms with Crippen LogP contribution in [0.5, 0.6) is 0 Å². The Kier molecular flexibility index (Phi) is 3.51. The van der Waals surface area contributed by atoms with E-state index in [4.69, 9.17) is 5.73 Å². The molecule has 1 amide bonds. The summed E-state index contributed by atoms with van der Waals surface area (Å²) in [6, 6.07) is 3.82. The highest BCUT2D eigenvalue weighted by Gasteiger charge is 2.33. The third kappa shape index (κ3) is 3.06. The van der Waals surface area contributed by atoms with Crippen LogP contribution in [0.1, 0.15) is 24.8 Å². The molecule has 3 N–H and O–H groups in total. The molecule has 2 heterocycles. The van der Waals surface area contributed by atoms with Crippen molar-refractivity contribution in [3.8, 4) is 0 Å². The lowest BCUT2D eigenvalue weighted by Gasteiger charge is -2.38. The number of nitrogens with one attached hydrogen (secondary N) is 1. The summed E-state index contributed by atoms with van der Waals surface area (Å²) >= 11 is 1.62. The van der Waals surface area contributed by atoms with Crippen LogP contribution in [0.2, 0.25) is 0 Å². The number of nitrogens with two attached hydrogens (primary N) is 1. The van der Waals surface area contributed by atoms with E-state index in [2.05, 4.69) is 10.2 Å². The summed E-state index contributed by atoms with van der Waals surface area (Å²) in [5.74, 6) is 0.0861. The summed E-state index contributed by atoms with van der Waals surface area (Å²) < 4.78 is 0. The zero-order valence-corrected chi connectivity index (χ0v) is 11.1. The first-order valence-corrected chi connectivity index (χ1v) is 6.69. The minimum Gasteiger partial charge on any atom is -0.353 e. The highest BCUT2D eigenvalue weighted by molar-refractivity contribution is 7.10. The Bertz CT molecular complexity index is 383. The van der Waals surface area contributed by atoms with Gasteiger partial charge in [-0.3, -0.25) is 9.69 Å². The molecule has 5 heteroatoms. The van der Waals surface area contributed by atoms with Crippen LogP contribution >= 0.6 is 11.3 Å². The monoisotopic (exact) mass is 253 g/mol. The van der Waals surface area contributed by atoms with E-state index in [9.17, 15) is 4.79 Å². The Morgan fingerprint density at radius 3 is 3.00 bits per heavy atom. The van der Waals surface area contributed by atoms with Crippen molar-refractivity contribution in [3.05, 3.63) is 22.4 Å². The number of nitrogens with zero attached hydrogens (tertiary/aromatic N) is 1. The second-order valence-electron chi connectivity index (χ2n) is 5.17. The Hall–Kier alpha value is -0.910. The standard InChI is InChI=1S/C12H19N3OS/c1-12(2,13)8-15-6-5-14-11(16)10(15)9-4-3-7-17-9/h3-4,7,10H,5-6,8,13H2,1-2H3,(H,14,16). The zero-order chi connectivity index (χ0) is 12.5. The van der Waals surface area contributed by atoms with Crippen molar-refractivity contribution >= 4 is 17.2 Å². The molecule has 17 heavy (non-hydrogen) atoms. The number of piperazine rings is 1. The molecule has 2 rings (SSSR count). The summed E-state index contributed by atoms with van der Waals surface area (Å²) in [6.45, 7) is 6.27. The van der Waals surface area contributed by atoms with Crippen LogP contribution < -0.4 is 11.1 Å². The Labute approximate surface area is 106 Å². The van der Waals surface area contributed by atoms with Gasteiger partial charge in [-0.05, 0) is 25.3 Å². The molecule has 1 atom stereocenters. The summed E-state index contributed by atoms with van der Waals surface area (Å²) in [7, 11) is 0. The second-order valence-corrected chi connectivity index (χ2v) is 6.15. The average Bonchev–Trinajstić information content (AvgIpc) is 2.68. The van der Waals surface area contributed by atoms with Gasteiger partial charge in [-0.1, -0.05) is 6.07 Å². The number of thiophene rings is 1. The molecule has 1 fully saturated rings. The SMILES string of the molecule is CC(C)(N)CN1CCNC(=O)C1c1cccs1. The first-order valence-electron chi connectivity index (χ1n) is 5.81. The van der Waals surface area contributed by atoms with Gasteiger partial charge in [0.2, 0.25) is 5.91 Å². The van der Waals surface area contributed by atoms with E-state index in [0.717, 1.165) is 18.0 Å². The van der Waals surface area contributed by atoms with Gasteiger partial charge in [0.05, 0.1) is 0 Å². The Morgan fingerprint density at radius 1 is 1.65 bits per heavy atom. The number of carbonyl (C=O) groups excluding carboxylic acids is 1. The molecule has 0 aliphatic carbocycles. The fourth-order valence-electron chi connectivity index (χ4n) is 2.16. The topological polar surface area (TPSA) is 58.4 Å². The number of carbonyl (C=O) groups is 1. The second kappa shape index (κ2) is 4.76. The maximum Gasteiger partial charge on any atom is 0.242 e. The van der Waals surface area contributed by atoms with Gasteiger partial charge in [0, 0.05) is 30.1 Å². The van der Waals surface area contributed by atoms with Crippen LogP contribution in [0.15, 0.2) is 17.5 Å². The van der Waals surface area contributed by atoms with Gasteiger partial charge in [0.25, 0.3) is 0 Å². The third-order valence-electron chi connectivity index (χ3n) is 2.74. The van der Waals surface area contributed by atoms with E-state index in [1.54, 1.807) is 11.3 Å². The van der Waals surface area contributed by atoms with Crippen molar-refractivity contribution in [1.82, 2.24) is 10.2 Å². The van der Waals surface area contributed by atoms with E-state index in [0.29, 0.717) is 6.54 Å². The molecule has 0 saturated carbocycles. The molecule has 0 aromatic carbocycles. The molecule has 1 unspecified atom stereocenters. The molecule has 1 saturated heterocycles. The lowest BCUT2D eigenvalue weighted by Crippen LogP contribution is -2.55. The van der Waals surface area contributed by atoms with Crippen LogP contribution in [0, 0.1) is 0 Å². The van der Waals surface area contributed by atoms with E-state index in [1.165, 1.54) is 0 Å². The molecule has 4 nitrogen and oxygen atoms in total. The molecule has 1 aliphatic heterocycles. The molecule has 1 aromatic heterocycles. The van der Waals surface area contributed by atoms with Crippen LogP contribution in [0.3, 0.4) is 0 Å². The summed E-state index contributed by atoms with van der Waals surface area (Å²) in [5.41, 5.74) is 5.77. The third-order valence-corrected chi connectivity index (χ3v) is 3.66. The first kappa shape index (κ1) is 12.5. The minimum atomic E-state index is -0.285. The zero-order valence-electron chi connectivity index (χ0n) is 10.3. The quantitative estimate of drug-likeness (QED) is 0.843. The number of rotatable bonds is 3. The lowest BCUT2D eigenvalue weighted by atomic mass is 10.0.